The van der Waals surface area contributed by atoms with Gasteiger partial charge in [0.2, 0.25) is 0 Å². The Morgan fingerprint density at radius 1 is 1.50 bits per heavy atom. The molecule has 0 aliphatic heterocycles. The van der Waals surface area contributed by atoms with Crippen LogP contribution < -0.4 is 0 Å². The van der Waals surface area contributed by atoms with Gasteiger partial charge < -0.3 is 4.74 Å². The van der Waals surface area contributed by atoms with Crippen LogP contribution in [-0.2, 0) is 23.2 Å². The summed E-state index contributed by atoms with van der Waals surface area (Å²) in [7, 11) is 1.80. The van der Waals surface area contributed by atoms with Crippen LogP contribution in [0.25, 0.3) is 11.3 Å². The van der Waals surface area contributed by atoms with Crippen LogP contribution in [0.15, 0.2) is 12.4 Å². The van der Waals surface area contributed by atoms with Gasteiger partial charge in [-0.05, 0) is 6.92 Å². The second-order valence-corrected chi connectivity index (χ2v) is 4.06. The van der Waals surface area contributed by atoms with Crippen LogP contribution in [0.3, 0.4) is 0 Å². The Balaban J connectivity index is 2.38. The maximum Gasteiger partial charge on any atom is 0.293 e. The van der Waals surface area contributed by atoms with Crippen LogP contribution in [0.4, 0.5) is 0 Å². The molecule has 0 atom stereocenters. The predicted octanol–water partition coefficient (Wildman–Crippen LogP) is 1.51. The molecule has 0 N–H and O–H groups in total. The zero-order chi connectivity index (χ0) is 13.1. The Morgan fingerprint density at radius 2 is 2.28 bits per heavy atom. The number of carbonyl (C=O) groups excluding carboxylic acids is 1. The van der Waals surface area contributed by atoms with E-state index in [1.54, 1.807) is 24.1 Å². The number of rotatable bonds is 4. The van der Waals surface area contributed by atoms with Gasteiger partial charge in [-0.15, -0.1) is 0 Å². The average Bonchev–Trinajstić information content (AvgIpc) is 2.67. The van der Waals surface area contributed by atoms with Gasteiger partial charge in [0.1, 0.15) is 0 Å². The zero-order valence-electron chi connectivity index (χ0n) is 9.92. The Kier molecular flexibility index (Phi) is 3.57. The first-order valence-electron chi connectivity index (χ1n) is 5.19. The van der Waals surface area contributed by atoms with E-state index in [1.165, 1.54) is 0 Å². The van der Waals surface area contributed by atoms with E-state index >= 15 is 0 Å². The largest absolute Gasteiger partial charge is 0.460 e. The Morgan fingerprint density at radius 3 is 2.83 bits per heavy atom. The molecule has 6 nitrogen and oxygen atoms in total. The van der Waals surface area contributed by atoms with Crippen LogP contribution in [-0.4, -0.2) is 26.2 Å². The number of aryl methyl sites for hydroxylation is 2. The summed E-state index contributed by atoms with van der Waals surface area (Å²) in [6.45, 7) is 2.26. The van der Waals surface area contributed by atoms with Crippen LogP contribution in [0.5, 0.6) is 0 Å². The second-order valence-electron chi connectivity index (χ2n) is 3.66. The molecule has 0 aliphatic rings. The van der Waals surface area contributed by atoms with Gasteiger partial charge in [-0.25, -0.2) is 9.97 Å². The molecule has 0 radical (unpaired) electrons. The van der Waals surface area contributed by atoms with E-state index in [0.717, 1.165) is 17.0 Å². The number of ether oxygens (including phenoxy) is 1. The highest BCUT2D eigenvalue weighted by atomic mass is 35.5. The van der Waals surface area contributed by atoms with Gasteiger partial charge in [-0.3, -0.25) is 9.48 Å². The minimum absolute atomic E-state index is 0.0593. The van der Waals surface area contributed by atoms with E-state index < -0.39 is 0 Å². The minimum Gasteiger partial charge on any atom is -0.460 e. The molecule has 0 fully saturated rings. The van der Waals surface area contributed by atoms with Crippen LogP contribution in [0.2, 0.25) is 5.02 Å². The molecule has 2 heterocycles. The van der Waals surface area contributed by atoms with Crippen molar-refractivity contribution < 1.29 is 9.53 Å². The molecule has 2 rings (SSSR count). The lowest BCUT2D eigenvalue weighted by molar-refractivity contribution is -0.130. The zero-order valence-corrected chi connectivity index (χ0v) is 10.7. The quantitative estimate of drug-likeness (QED) is 0.785. The molecule has 0 saturated carbocycles. The van der Waals surface area contributed by atoms with Crippen molar-refractivity contribution in [3.05, 3.63) is 28.9 Å². The Bertz CT molecular complexity index is 563. The average molecular weight is 267 g/mol. The Labute approximate surface area is 109 Å². The number of hydrogen-bond acceptors (Lipinski definition) is 5. The lowest BCUT2D eigenvalue weighted by Gasteiger charge is -2.07. The van der Waals surface area contributed by atoms with Crippen LogP contribution in [0.1, 0.15) is 11.5 Å². The van der Waals surface area contributed by atoms with Gasteiger partial charge in [-0.1, -0.05) is 11.6 Å². The van der Waals surface area contributed by atoms with Gasteiger partial charge in [0.25, 0.3) is 6.47 Å². The van der Waals surface area contributed by atoms with Gasteiger partial charge in [0.15, 0.2) is 12.4 Å². The van der Waals surface area contributed by atoms with E-state index in [0.29, 0.717) is 17.3 Å². The summed E-state index contributed by atoms with van der Waals surface area (Å²) >= 11 is 6.07. The van der Waals surface area contributed by atoms with E-state index in [4.69, 9.17) is 11.6 Å². The Hall–Kier alpha value is -1.95. The highest BCUT2D eigenvalue weighted by Crippen LogP contribution is 2.28. The highest BCUT2D eigenvalue weighted by molar-refractivity contribution is 6.33. The third-order valence-corrected chi connectivity index (χ3v) is 2.74. The number of hydrogen-bond donors (Lipinski definition) is 0. The molecule has 7 heteroatoms. The second kappa shape index (κ2) is 5.14. The highest BCUT2D eigenvalue weighted by Gasteiger charge is 2.13. The monoisotopic (exact) mass is 266 g/mol. The lowest BCUT2D eigenvalue weighted by atomic mass is 10.2. The number of carbonyl (C=O) groups is 1. The smallest absolute Gasteiger partial charge is 0.293 e. The maximum atomic E-state index is 10.1. The van der Waals surface area contributed by atoms with Crippen LogP contribution in [0, 0.1) is 6.92 Å². The maximum absolute atomic E-state index is 10.1. The van der Waals surface area contributed by atoms with Crippen molar-refractivity contribution in [1.29, 1.82) is 0 Å². The summed E-state index contributed by atoms with van der Waals surface area (Å²) in [6.07, 6.45) is 3.22. The van der Waals surface area contributed by atoms with Crippen LogP contribution >= 0.6 is 11.6 Å². The van der Waals surface area contributed by atoms with Crippen molar-refractivity contribution in [3.63, 3.8) is 0 Å². The molecule has 0 aromatic carbocycles. The molecule has 0 aliphatic carbocycles. The normalized spacial score (nSPS) is 10.4. The van der Waals surface area contributed by atoms with Gasteiger partial charge in [-0.2, -0.15) is 5.10 Å². The lowest BCUT2D eigenvalue weighted by Crippen LogP contribution is -2.03. The third-order valence-electron chi connectivity index (χ3n) is 2.46. The van der Waals surface area contributed by atoms with E-state index in [2.05, 4.69) is 19.8 Å². The fourth-order valence-electron chi connectivity index (χ4n) is 1.64. The van der Waals surface area contributed by atoms with Gasteiger partial charge in [0.05, 0.1) is 22.6 Å². The van der Waals surface area contributed by atoms with Crippen molar-refractivity contribution in [1.82, 2.24) is 19.7 Å². The molecule has 18 heavy (non-hydrogen) atoms. The first-order valence-corrected chi connectivity index (χ1v) is 5.57. The van der Waals surface area contributed by atoms with Crippen molar-refractivity contribution in [2.45, 2.75) is 13.5 Å². The molecule has 94 valence electrons. The molecule has 2 aromatic rings. The van der Waals surface area contributed by atoms with E-state index in [9.17, 15) is 4.79 Å². The van der Waals surface area contributed by atoms with Crippen molar-refractivity contribution in [2.75, 3.05) is 0 Å². The number of aromatic nitrogens is 4. The summed E-state index contributed by atoms with van der Waals surface area (Å²) in [4.78, 5) is 18.5. The molecule has 0 saturated heterocycles. The SMILES string of the molecule is Cc1nc(COC=O)ncc1-c1c(Cl)cnn1C. The first kappa shape index (κ1) is 12.5. The van der Waals surface area contributed by atoms with E-state index in [-0.39, 0.29) is 6.61 Å². The molecule has 0 spiro atoms. The molecular weight excluding hydrogens is 256 g/mol. The van der Waals surface area contributed by atoms with Crippen molar-refractivity contribution in [3.8, 4) is 11.3 Å². The summed E-state index contributed by atoms with van der Waals surface area (Å²) in [5.41, 5.74) is 2.31. The fraction of sp³-hybridized carbons (Fsp3) is 0.273. The van der Waals surface area contributed by atoms with Gasteiger partial charge in [0, 0.05) is 18.8 Å². The molecule has 2 aromatic heterocycles. The van der Waals surface area contributed by atoms with E-state index in [1.807, 2.05) is 6.92 Å². The van der Waals surface area contributed by atoms with Crippen molar-refractivity contribution in [2.24, 2.45) is 7.05 Å². The molecular formula is C11H11ClN4O2. The minimum atomic E-state index is 0.0593. The van der Waals surface area contributed by atoms with Crippen molar-refractivity contribution >= 4 is 18.1 Å². The first-order chi connectivity index (χ1) is 8.63. The standard InChI is InChI=1S/C11H11ClN4O2/c1-7-8(11-9(12)4-14-16(11)2)3-13-10(15-7)5-18-6-17/h3-4,6H,5H2,1-2H3. The number of halogens is 1. The summed E-state index contributed by atoms with van der Waals surface area (Å²) in [5, 5.41) is 4.61. The summed E-state index contributed by atoms with van der Waals surface area (Å²) < 4.78 is 6.27. The number of nitrogens with zero attached hydrogens (tertiary/aromatic N) is 4. The topological polar surface area (TPSA) is 69.9 Å². The van der Waals surface area contributed by atoms with Gasteiger partial charge >= 0.3 is 0 Å². The molecule has 0 unspecified atom stereocenters. The predicted molar refractivity (Wildman–Crippen MR) is 64.8 cm³/mol. The molecule has 0 bridgehead atoms. The third kappa shape index (κ3) is 2.33. The summed E-state index contributed by atoms with van der Waals surface area (Å²) in [6, 6.07) is 0. The molecule has 0 amide bonds. The fourth-order valence-corrected chi connectivity index (χ4v) is 1.91. The summed E-state index contributed by atoms with van der Waals surface area (Å²) in [5.74, 6) is 0.446.